The van der Waals surface area contributed by atoms with E-state index in [9.17, 15) is 9.59 Å². The van der Waals surface area contributed by atoms with Crippen LogP contribution in [0.5, 0.6) is 0 Å². The zero-order chi connectivity index (χ0) is 13.7. The molecule has 0 bridgehead atoms. The van der Waals surface area contributed by atoms with Crippen molar-refractivity contribution >= 4 is 5.91 Å². The molecule has 0 atom stereocenters. The molecule has 0 unspecified atom stereocenters. The van der Waals surface area contributed by atoms with Crippen LogP contribution in [0.25, 0.3) is 0 Å². The number of hydrogen-bond donors (Lipinski definition) is 3. The molecule has 2 rings (SSSR count). The van der Waals surface area contributed by atoms with Crippen LogP contribution >= 0.6 is 0 Å². The van der Waals surface area contributed by atoms with Crippen LogP contribution in [0.3, 0.4) is 0 Å². The Labute approximate surface area is 111 Å². The van der Waals surface area contributed by atoms with Gasteiger partial charge in [-0.1, -0.05) is 0 Å². The van der Waals surface area contributed by atoms with E-state index in [1.807, 2.05) is 0 Å². The van der Waals surface area contributed by atoms with Crippen molar-refractivity contribution in [2.24, 2.45) is 11.8 Å². The van der Waals surface area contributed by atoms with Crippen molar-refractivity contribution in [3.8, 4) is 0 Å². The molecule has 1 aromatic rings. The molecule has 1 aromatic heterocycles. The quantitative estimate of drug-likeness (QED) is 0.729. The predicted molar refractivity (Wildman–Crippen MR) is 69.7 cm³/mol. The van der Waals surface area contributed by atoms with Crippen molar-refractivity contribution in [3.05, 3.63) is 28.4 Å². The van der Waals surface area contributed by atoms with Crippen molar-refractivity contribution in [1.29, 1.82) is 0 Å². The number of aliphatic hydroxyl groups is 1. The highest BCUT2D eigenvalue weighted by Gasteiger charge is 2.21. The molecular weight excluding hydrogens is 246 g/mol. The molecule has 0 aliphatic heterocycles. The highest BCUT2D eigenvalue weighted by molar-refractivity contribution is 5.91. The van der Waals surface area contributed by atoms with Crippen LogP contribution in [0, 0.1) is 11.8 Å². The molecule has 0 radical (unpaired) electrons. The van der Waals surface area contributed by atoms with E-state index in [2.05, 4.69) is 15.3 Å². The molecule has 1 heterocycles. The maximum atomic E-state index is 11.8. The van der Waals surface area contributed by atoms with E-state index in [1.54, 1.807) is 0 Å². The van der Waals surface area contributed by atoms with E-state index in [4.69, 9.17) is 5.11 Å². The summed E-state index contributed by atoms with van der Waals surface area (Å²) >= 11 is 0. The standard InChI is InChI=1S/C13H19N3O3/c17-8-10-3-1-9(2-4-10)5-15-13(19)11-6-14-7-12(18)16-11/h6-7,9-10,17H,1-5,8H2,(H,15,19)(H,16,18). The number of amides is 1. The number of nitrogens with one attached hydrogen (secondary N) is 2. The molecule has 3 N–H and O–H groups in total. The van der Waals surface area contributed by atoms with Crippen molar-refractivity contribution in [2.75, 3.05) is 13.2 Å². The van der Waals surface area contributed by atoms with Gasteiger partial charge in [-0.15, -0.1) is 0 Å². The minimum absolute atomic E-state index is 0.191. The van der Waals surface area contributed by atoms with E-state index in [0.29, 0.717) is 18.4 Å². The predicted octanol–water partition coefficient (Wildman–Crippen LogP) is 0.298. The third-order valence-electron chi connectivity index (χ3n) is 3.67. The highest BCUT2D eigenvalue weighted by Crippen LogP contribution is 2.27. The second kappa shape index (κ2) is 6.47. The Bertz CT molecular complexity index is 478. The summed E-state index contributed by atoms with van der Waals surface area (Å²) in [6, 6.07) is 0. The highest BCUT2D eigenvalue weighted by atomic mass is 16.3. The maximum Gasteiger partial charge on any atom is 0.269 e. The Morgan fingerprint density at radius 3 is 2.63 bits per heavy atom. The van der Waals surface area contributed by atoms with Crippen LogP contribution in [-0.4, -0.2) is 34.1 Å². The third kappa shape index (κ3) is 3.89. The number of carbonyl (C=O) groups is 1. The van der Waals surface area contributed by atoms with Gasteiger partial charge in [0.25, 0.3) is 11.5 Å². The number of aromatic amines is 1. The summed E-state index contributed by atoms with van der Waals surface area (Å²) in [5.41, 5.74) is -0.187. The number of carbonyl (C=O) groups excluding carboxylic acids is 1. The van der Waals surface area contributed by atoms with Crippen LogP contribution in [0.4, 0.5) is 0 Å². The first-order chi connectivity index (χ1) is 9.19. The summed E-state index contributed by atoms with van der Waals surface area (Å²) in [5.74, 6) is 0.575. The van der Waals surface area contributed by atoms with Crippen molar-refractivity contribution in [1.82, 2.24) is 15.3 Å². The van der Waals surface area contributed by atoms with E-state index < -0.39 is 0 Å². The molecule has 1 aliphatic rings. The van der Waals surface area contributed by atoms with Gasteiger partial charge in [0.15, 0.2) is 0 Å². The number of aliphatic hydroxyl groups excluding tert-OH is 1. The normalized spacial score (nSPS) is 23.0. The molecule has 6 nitrogen and oxygen atoms in total. The second-order valence-electron chi connectivity index (χ2n) is 5.09. The fourth-order valence-electron chi connectivity index (χ4n) is 2.44. The summed E-state index contributed by atoms with van der Waals surface area (Å²) in [6.45, 7) is 0.865. The second-order valence-corrected chi connectivity index (χ2v) is 5.09. The number of hydrogen-bond acceptors (Lipinski definition) is 4. The maximum absolute atomic E-state index is 11.8. The van der Waals surface area contributed by atoms with Gasteiger partial charge < -0.3 is 15.4 Å². The molecule has 104 valence electrons. The zero-order valence-electron chi connectivity index (χ0n) is 10.8. The zero-order valence-corrected chi connectivity index (χ0v) is 10.8. The summed E-state index contributed by atoms with van der Waals surface area (Å²) in [7, 11) is 0. The molecule has 1 saturated carbocycles. The van der Waals surface area contributed by atoms with Crippen molar-refractivity contribution in [3.63, 3.8) is 0 Å². The SMILES string of the molecule is O=C(NCC1CCC(CO)CC1)c1cncc(=O)[nH]1. The van der Waals surface area contributed by atoms with Gasteiger partial charge in [0.2, 0.25) is 0 Å². The average molecular weight is 265 g/mol. The van der Waals surface area contributed by atoms with E-state index in [0.717, 1.165) is 31.9 Å². The third-order valence-corrected chi connectivity index (χ3v) is 3.67. The van der Waals surface area contributed by atoms with E-state index in [1.165, 1.54) is 6.20 Å². The monoisotopic (exact) mass is 265 g/mol. The lowest BCUT2D eigenvalue weighted by Gasteiger charge is -2.27. The smallest absolute Gasteiger partial charge is 0.269 e. The van der Waals surface area contributed by atoms with Gasteiger partial charge in [-0.2, -0.15) is 0 Å². The van der Waals surface area contributed by atoms with Gasteiger partial charge in [-0.3, -0.25) is 14.6 Å². The topological polar surface area (TPSA) is 95.1 Å². The molecule has 19 heavy (non-hydrogen) atoms. The van der Waals surface area contributed by atoms with Gasteiger partial charge in [-0.05, 0) is 37.5 Å². The number of rotatable bonds is 4. The Morgan fingerprint density at radius 2 is 2.00 bits per heavy atom. The van der Waals surface area contributed by atoms with Crippen LogP contribution in [0.2, 0.25) is 0 Å². The molecule has 6 heteroatoms. The largest absolute Gasteiger partial charge is 0.396 e. The lowest BCUT2D eigenvalue weighted by molar-refractivity contribution is 0.0931. The van der Waals surface area contributed by atoms with Crippen molar-refractivity contribution in [2.45, 2.75) is 25.7 Å². The van der Waals surface area contributed by atoms with Crippen LogP contribution < -0.4 is 10.9 Å². The van der Waals surface area contributed by atoms with Crippen LogP contribution in [0.15, 0.2) is 17.2 Å². The molecule has 1 amide bonds. The van der Waals surface area contributed by atoms with Gasteiger partial charge >= 0.3 is 0 Å². The average Bonchev–Trinajstić information content (AvgIpc) is 2.45. The Morgan fingerprint density at radius 1 is 1.32 bits per heavy atom. The lowest BCUT2D eigenvalue weighted by Crippen LogP contribution is -2.33. The summed E-state index contributed by atoms with van der Waals surface area (Å²) in [5, 5.41) is 11.9. The molecule has 1 fully saturated rings. The molecular formula is C13H19N3O3. The summed E-state index contributed by atoms with van der Waals surface area (Å²) in [4.78, 5) is 29.0. The Kier molecular flexibility index (Phi) is 4.68. The minimum Gasteiger partial charge on any atom is -0.396 e. The number of nitrogens with zero attached hydrogens (tertiary/aromatic N) is 1. The van der Waals surface area contributed by atoms with Crippen molar-refractivity contribution < 1.29 is 9.90 Å². The minimum atomic E-state index is -0.379. The van der Waals surface area contributed by atoms with Crippen LogP contribution in [-0.2, 0) is 0 Å². The Hall–Kier alpha value is -1.69. The fourth-order valence-corrected chi connectivity index (χ4v) is 2.44. The van der Waals surface area contributed by atoms with Gasteiger partial charge in [0, 0.05) is 13.2 Å². The summed E-state index contributed by atoms with van der Waals surface area (Å²) < 4.78 is 0. The number of aromatic nitrogens is 2. The lowest BCUT2D eigenvalue weighted by atomic mass is 9.82. The molecule has 0 aromatic carbocycles. The first-order valence-electron chi connectivity index (χ1n) is 6.62. The van der Waals surface area contributed by atoms with Gasteiger partial charge in [0.05, 0.1) is 12.4 Å². The van der Waals surface area contributed by atoms with Gasteiger partial charge in [-0.25, -0.2) is 0 Å². The summed E-state index contributed by atoms with van der Waals surface area (Å²) in [6.07, 6.45) is 6.55. The first kappa shape index (κ1) is 13.7. The molecule has 0 spiro atoms. The van der Waals surface area contributed by atoms with E-state index >= 15 is 0 Å². The Balaban J connectivity index is 1.80. The van der Waals surface area contributed by atoms with Crippen LogP contribution in [0.1, 0.15) is 36.2 Å². The van der Waals surface area contributed by atoms with E-state index in [-0.39, 0.29) is 23.8 Å². The van der Waals surface area contributed by atoms with Gasteiger partial charge in [0.1, 0.15) is 5.69 Å². The number of H-pyrrole nitrogens is 1. The first-order valence-corrected chi connectivity index (χ1v) is 6.62. The molecule has 0 saturated heterocycles. The fraction of sp³-hybridized carbons (Fsp3) is 0.615. The molecule has 1 aliphatic carbocycles.